The lowest BCUT2D eigenvalue weighted by atomic mass is 10.2. The minimum absolute atomic E-state index is 0.706. The van der Waals surface area contributed by atoms with E-state index in [0.29, 0.717) is 13.2 Å². The molecule has 0 spiro atoms. The van der Waals surface area contributed by atoms with Crippen LogP contribution >= 0.6 is 31.9 Å². The number of ether oxygens (including phenoxy) is 1. The number of anilines is 3. The number of benzene rings is 2. The zero-order valence-electron chi connectivity index (χ0n) is 13.4. The predicted molar refractivity (Wildman–Crippen MR) is 108 cm³/mol. The molecule has 1 aliphatic rings. The van der Waals surface area contributed by atoms with Gasteiger partial charge in [0.1, 0.15) is 5.82 Å². The summed E-state index contributed by atoms with van der Waals surface area (Å²) in [6.07, 6.45) is 0. The fourth-order valence-corrected chi connectivity index (χ4v) is 3.38. The summed E-state index contributed by atoms with van der Waals surface area (Å²) >= 11 is 7.01. The van der Waals surface area contributed by atoms with E-state index in [1.54, 1.807) is 0 Å². The molecule has 0 aliphatic carbocycles. The second-order valence-electron chi connectivity index (χ2n) is 5.76. The van der Waals surface area contributed by atoms with E-state index in [1.165, 1.54) is 0 Å². The number of rotatable bonds is 3. The first-order valence-corrected chi connectivity index (χ1v) is 9.60. The van der Waals surface area contributed by atoms with Crippen LogP contribution in [0.2, 0.25) is 0 Å². The molecule has 128 valence electrons. The highest BCUT2D eigenvalue weighted by Gasteiger charge is 2.17. The van der Waals surface area contributed by atoms with Gasteiger partial charge in [0.15, 0.2) is 0 Å². The average molecular weight is 464 g/mol. The van der Waals surface area contributed by atoms with Gasteiger partial charge in [-0.3, -0.25) is 0 Å². The normalized spacial score (nSPS) is 14.7. The van der Waals surface area contributed by atoms with E-state index < -0.39 is 0 Å². The van der Waals surface area contributed by atoms with Gasteiger partial charge in [-0.2, -0.15) is 4.98 Å². The van der Waals surface area contributed by atoms with Crippen molar-refractivity contribution in [2.75, 3.05) is 36.5 Å². The first-order valence-electron chi connectivity index (χ1n) is 8.02. The van der Waals surface area contributed by atoms with Crippen molar-refractivity contribution >= 4 is 60.2 Å². The molecule has 0 unspecified atom stereocenters. The molecular weight excluding hydrogens is 448 g/mol. The van der Waals surface area contributed by atoms with Crippen molar-refractivity contribution in [3.8, 4) is 0 Å². The van der Waals surface area contributed by atoms with Gasteiger partial charge in [-0.05, 0) is 42.5 Å². The third-order valence-electron chi connectivity index (χ3n) is 4.05. The first kappa shape index (κ1) is 16.8. The van der Waals surface area contributed by atoms with E-state index in [0.717, 1.165) is 50.4 Å². The lowest BCUT2D eigenvalue weighted by Gasteiger charge is -2.27. The van der Waals surface area contributed by atoms with E-state index in [2.05, 4.69) is 42.1 Å². The monoisotopic (exact) mass is 462 g/mol. The Morgan fingerprint density at radius 2 is 1.64 bits per heavy atom. The Kier molecular flexibility index (Phi) is 4.87. The van der Waals surface area contributed by atoms with Gasteiger partial charge in [0.05, 0.1) is 18.7 Å². The van der Waals surface area contributed by atoms with Gasteiger partial charge < -0.3 is 15.0 Å². The molecule has 25 heavy (non-hydrogen) atoms. The maximum atomic E-state index is 5.44. The SMILES string of the molecule is Brc1ccc(Nc2nc(N3CCOCC3)nc3ccc(Br)cc23)cc1. The number of morpholine rings is 1. The summed E-state index contributed by atoms with van der Waals surface area (Å²) in [5.74, 6) is 1.54. The van der Waals surface area contributed by atoms with E-state index >= 15 is 0 Å². The number of aromatic nitrogens is 2. The van der Waals surface area contributed by atoms with Crippen LogP contribution in [0.15, 0.2) is 51.4 Å². The molecule has 0 amide bonds. The molecule has 0 bridgehead atoms. The lowest BCUT2D eigenvalue weighted by molar-refractivity contribution is 0.122. The van der Waals surface area contributed by atoms with E-state index in [4.69, 9.17) is 14.7 Å². The maximum absolute atomic E-state index is 5.44. The van der Waals surface area contributed by atoms with Gasteiger partial charge in [0.25, 0.3) is 0 Å². The minimum Gasteiger partial charge on any atom is -0.378 e. The van der Waals surface area contributed by atoms with Gasteiger partial charge in [0, 0.05) is 33.1 Å². The highest BCUT2D eigenvalue weighted by atomic mass is 79.9. The lowest BCUT2D eigenvalue weighted by Crippen LogP contribution is -2.37. The number of fused-ring (bicyclic) bond motifs is 1. The summed E-state index contributed by atoms with van der Waals surface area (Å²) in [4.78, 5) is 11.7. The summed E-state index contributed by atoms with van der Waals surface area (Å²) < 4.78 is 7.48. The summed E-state index contributed by atoms with van der Waals surface area (Å²) in [6.45, 7) is 3.02. The van der Waals surface area contributed by atoms with Gasteiger partial charge >= 0.3 is 0 Å². The Bertz CT molecular complexity index is 895. The third-order valence-corrected chi connectivity index (χ3v) is 5.07. The number of halogens is 2. The smallest absolute Gasteiger partial charge is 0.228 e. The summed E-state index contributed by atoms with van der Waals surface area (Å²) in [6, 6.07) is 14.1. The quantitative estimate of drug-likeness (QED) is 0.608. The second-order valence-corrected chi connectivity index (χ2v) is 7.60. The van der Waals surface area contributed by atoms with Crippen LogP contribution in [0.25, 0.3) is 10.9 Å². The average Bonchev–Trinajstić information content (AvgIpc) is 2.64. The highest BCUT2D eigenvalue weighted by Crippen LogP contribution is 2.29. The van der Waals surface area contributed by atoms with Crippen molar-refractivity contribution in [3.63, 3.8) is 0 Å². The molecule has 5 nitrogen and oxygen atoms in total. The van der Waals surface area contributed by atoms with Crippen LogP contribution in [0.4, 0.5) is 17.5 Å². The Labute approximate surface area is 162 Å². The van der Waals surface area contributed by atoms with Crippen molar-refractivity contribution in [1.29, 1.82) is 0 Å². The molecule has 0 radical (unpaired) electrons. The summed E-state index contributed by atoms with van der Waals surface area (Å²) in [5.41, 5.74) is 1.90. The molecule has 1 aromatic heterocycles. The molecule has 1 saturated heterocycles. The molecule has 7 heteroatoms. The Hall–Kier alpha value is -1.70. The standard InChI is InChI=1S/C18H16Br2N4O/c19-12-1-4-14(5-2-12)21-17-15-11-13(20)3-6-16(15)22-18(23-17)24-7-9-25-10-8-24/h1-6,11H,7-10H2,(H,21,22,23). The van der Waals surface area contributed by atoms with Crippen molar-refractivity contribution in [1.82, 2.24) is 9.97 Å². The van der Waals surface area contributed by atoms with Crippen molar-refractivity contribution in [2.45, 2.75) is 0 Å². The number of nitrogens with one attached hydrogen (secondary N) is 1. The van der Waals surface area contributed by atoms with Crippen LogP contribution in [0.3, 0.4) is 0 Å². The van der Waals surface area contributed by atoms with Crippen LogP contribution in [0.5, 0.6) is 0 Å². The van der Waals surface area contributed by atoms with Gasteiger partial charge in [-0.25, -0.2) is 4.98 Å². The Morgan fingerprint density at radius 3 is 2.40 bits per heavy atom. The summed E-state index contributed by atoms with van der Waals surface area (Å²) in [5, 5.41) is 4.41. The molecule has 1 fully saturated rings. The zero-order chi connectivity index (χ0) is 17.2. The number of nitrogens with zero attached hydrogens (tertiary/aromatic N) is 3. The molecule has 1 aliphatic heterocycles. The third kappa shape index (κ3) is 3.78. The molecule has 1 N–H and O–H groups in total. The predicted octanol–water partition coefficient (Wildman–Crippen LogP) is 4.74. The van der Waals surface area contributed by atoms with Crippen molar-refractivity contribution in [2.24, 2.45) is 0 Å². The Balaban J connectivity index is 1.78. The van der Waals surface area contributed by atoms with Crippen molar-refractivity contribution in [3.05, 3.63) is 51.4 Å². The minimum atomic E-state index is 0.706. The topological polar surface area (TPSA) is 50.3 Å². The van der Waals surface area contributed by atoms with E-state index in [-0.39, 0.29) is 0 Å². The Morgan fingerprint density at radius 1 is 0.920 bits per heavy atom. The van der Waals surface area contributed by atoms with Gasteiger partial charge in [-0.15, -0.1) is 0 Å². The zero-order valence-corrected chi connectivity index (χ0v) is 16.5. The fraction of sp³-hybridized carbons (Fsp3) is 0.222. The molecule has 0 saturated carbocycles. The summed E-state index contributed by atoms with van der Waals surface area (Å²) in [7, 11) is 0. The molecular formula is C18H16Br2N4O. The van der Waals surface area contributed by atoms with Crippen LogP contribution in [0.1, 0.15) is 0 Å². The highest BCUT2D eigenvalue weighted by molar-refractivity contribution is 9.10. The first-order chi connectivity index (χ1) is 12.2. The van der Waals surface area contributed by atoms with Gasteiger partial charge in [-0.1, -0.05) is 31.9 Å². The largest absolute Gasteiger partial charge is 0.378 e. The van der Waals surface area contributed by atoms with E-state index in [1.807, 2.05) is 42.5 Å². The van der Waals surface area contributed by atoms with Gasteiger partial charge in [0.2, 0.25) is 5.95 Å². The number of hydrogen-bond acceptors (Lipinski definition) is 5. The van der Waals surface area contributed by atoms with Crippen LogP contribution in [0, 0.1) is 0 Å². The van der Waals surface area contributed by atoms with E-state index in [9.17, 15) is 0 Å². The van der Waals surface area contributed by atoms with Crippen LogP contribution in [-0.4, -0.2) is 36.3 Å². The molecule has 2 aromatic carbocycles. The van der Waals surface area contributed by atoms with Crippen LogP contribution in [-0.2, 0) is 4.74 Å². The number of hydrogen-bond donors (Lipinski definition) is 1. The molecule has 3 aromatic rings. The molecule has 4 rings (SSSR count). The van der Waals surface area contributed by atoms with Crippen molar-refractivity contribution < 1.29 is 4.74 Å². The van der Waals surface area contributed by atoms with Crippen LogP contribution < -0.4 is 10.2 Å². The molecule has 2 heterocycles. The maximum Gasteiger partial charge on any atom is 0.228 e. The fourth-order valence-electron chi connectivity index (χ4n) is 2.76. The second kappa shape index (κ2) is 7.27. The molecule has 0 atom stereocenters.